The van der Waals surface area contributed by atoms with Crippen molar-refractivity contribution in [2.24, 2.45) is 34.0 Å². The molecule has 1 unspecified atom stereocenters. The summed E-state index contributed by atoms with van der Waals surface area (Å²) in [5.41, 5.74) is 6.61. The second kappa shape index (κ2) is 35.7. The number of carbonyl (C=O) groups is 4. The minimum absolute atomic E-state index is 0. The molecule has 7 N–H and O–H groups in total. The van der Waals surface area contributed by atoms with Crippen LogP contribution in [-0.4, -0.2) is 211 Å². The Morgan fingerprint density at radius 3 is 1.19 bits per heavy atom. The number of hydrogen-bond donors (Lipinski definition) is 6. The average Bonchev–Trinajstić information content (AvgIpc) is 0.831. The number of aromatic nitrogens is 15. The van der Waals surface area contributed by atoms with Gasteiger partial charge in [-0.1, -0.05) is 35.3 Å². The number of carboxylic acid groups (broad SMARTS) is 1. The average molecular weight is 1600 g/mol. The number of nitrogen functional groups attached to an aromatic ring is 1. The summed E-state index contributed by atoms with van der Waals surface area (Å²) >= 11 is 0. The van der Waals surface area contributed by atoms with E-state index in [1.165, 1.54) is 60.1 Å². The van der Waals surface area contributed by atoms with Gasteiger partial charge in [0.1, 0.15) is 40.4 Å². The first-order valence-electron chi connectivity index (χ1n) is 39.1. The molecule has 3 saturated carbocycles. The number of hydrogen-bond acceptors (Lipinski definition) is 22. The van der Waals surface area contributed by atoms with Crippen LogP contribution in [0.4, 0.5) is 60.9 Å². The summed E-state index contributed by atoms with van der Waals surface area (Å²) in [7, 11) is 2.25. The second-order valence-corrected chi connectivity index (χ2v) is 29.7. The number of halogens is 6. The third kappa shape index (κ3) is 17.5. The van der Waals surface area contributed by atoms with Crippen LogP contribution in [0.5, 0.6) is 0 Å². The molecule has 9 fully saturated rings. The lowest BCUT2D eigenvalue weighted by Crippen LogP contribution is -2.66. The predicted octanol–water partition coefficient (Wildman–Crippen LogP) is 11.0. The Bertz CT molecular complexity index is 4730. The Labute approximate surface area is 651 Å². The van der Waals surface area contributed by atoms with E-state index in [0.29, 0.717) is 67.5 Å². The summed E-state index contributed by atoms with van der Waals surface area (Å²) < 4.78 is 127. The van der Waals surface area contributed by atoms with Crippen molar-refractivity contribution in [3.05, 3.63) is 108 Å². The highest BCUT2D eigenvalue weighted by Gasteiger charge is 2.52. The minimum Gasteiger partial charge on any atom is -0.477 e. The van der Waals surface area contributed by atoms with Crippen LogP contribution in [0, 0.1) is 34.0 Å². The molecule has 0 bridgehead atoms. The number of aliphatic hydroxyl groups is 2. The predicted molar refractivity (Wildman–Crippen MR) is 410 cm³/mol. The number of carboxylic acids is 1. The Balaban J connectivity index is 0.000000164. The maximum atomic E-state index is 13.8. The molecule has 15 heterocycles. The van der Waals surface area contributed by atoms with E-state index in [0.717, 1.165) is 154 Å². The second-order valence-electron chi connectivity index (χ2n) is 29.7. The van der Waals surface area contributed by atoms with Crippen LogP contribution in [0.15, 0.2) is 74.0 Å². The first-order chi connectivity index (χ1) is 55.0. The van der Waals surface area contributed by atoms with Crippen LogP contribution < -0.4 is 31.1 Å². The number of amides is 2. The molecule has 2 amide bonds. The van der Waals surface area contributed by atoms with Crippen molar-refractivity contribution in [1.82, 2.24) is 73.1 Å². The zero-order valence-electron chi connectivity index (χ0n) is 64.7. The Hall–Kier alpha value is -9.42. The van der Waals surface area contributed by atoms with Gasteiger partial charge < -0.3 is 65.4 Å². The number of nitrogens with zero attached hydrogens (tertiary/aromatic N) is 18. The van der Waals surface area contributed by atoms with Crippen LogP contribution in [0.2, 0.25) is 0 Å². The Morgan fingerprint density at radius 1 is 0.580 bits per heavy atom. The van der Waals surface area contributed by atoms with Gasteiger partial charge in [0, 0.05) is 101 Å². The standard InChI is InChI=1S/C23H27F2N7O3.C23H25F2N7O3.C12H12N4O3.C11H17F2N3O.C2H6.CH5P.2CH4.H2/c2*24-20(25)19-17(8-32(29-19)15-3-1-14(9-33)2-4-15)27-22(34)16-7-26-31-6-5-18(28-21(16)31)30-10-23(11-30)12-35-13-23;17-11(18)8-3-13-16-2-1-9(14-10(8)16)15-4-12(5-15)6-19-7-12;12-11(13)10-9(14)5-16(15-10)8-3-1-7(6-17)2-4-8;2*1-2;;;/h5-8,14-15,20,33H,1-4,9-13H2,(H,27,34);5-9,14-15,20H,1-4,10-13H2,(H,27,34);1-3H,4-7H2,(H,17,18);5,7-8,11,17H,1-4,6,14H2;1-2H3;2H2,1H3;2*1H4;1H/i;;;;2*1D;;;1+2D. The van der Waals surface area contributed by atoms with Crippen molar-refractivity contribution in [2.45, 2.75) is 143 Å². The molecule has 112 heavy (non-hydrogen) atoms. The smallest absolute Gasteiger partial charge is 0.341 e. The van der Waals surface area contributed by atoms with Gasteiger partial charge in [0.25, 0.3) is 31.1 Å². The molecule has 3 spiro atoms. The van der Waals surface area contributed by atoms with Gasteiger partial charge in [-0.15, -0.1) is 9.24 Å². The maximum Gasteiger partial charge on any atom is 0.341 e. The molecule has 610 valence electrons. The fraction of sp³-hybridized carbons (Fsp3) is 0.581. The summed E-state index contributed by atoms with van der Waals surface area (Å²) in [5, 5.41) is 57.1. The number of alkyl halides is 6. The van der Waals surface area contributed by atoms with Crippen molar-refractivity contribution >= 4 is 84.8 Å². The quantitative estimate of drug-likeness (QED) is 0.0280. The SMILES string of the molecule is C.C.Nc1cn(C2CCC(CO)CC2)nc1C(F)F.O=C(Nc1cn(C2CCC(CO)CC2)nc1C(F)F)c1cnn2ccc(N3CC4(COC4)C3)nc12.O=C(O)c1cnn2ccc(N3CC4(COC4)C3)nc12.O=CC1CCC(n2cc(NC(=O)c3cnn4ccc(N5CC6(COC6)C5)nc34)c(C(F)F)n2)CC1.[2H]CC.[2H]CP.[2H][3H]. The Kier molecular flexibility index (Phi) is 25.3. The first kappa shape index (κ1) is 79.2. The zero-order valence-corrected chi connectivity index (χ0v) is 61.8. The van der Waals surface area contributed by atoms with Gasteiger partial charge in [0.15, 0.2) is 34.0 Å². The van der Waals surface area contributed by atoms with Crippen molar-refractivity contribution in [3.8, 4) is 0 Å². The Morgan fingerprint density at radius 2 is 0.893 bits per heavy atom. The number of carbonyl (C=O) groups excluding carboxylic acids is 3. The highest BCUT2D eigenvalue weighted by atomic mass is 31.0. The topological polar surface area (TPSA) is 360 Å². The van der Waals surface area contributed by atoms with Crippen molar-refractivity contribution in [3.63, 3.8) is 0 Å². The molecule has 18 rings (SSSR count). The number of anilines is 6. The molecule has 0 aromatic carbocycles. The number of fused-ring (bicyclic) bond motifs is 3. The highest BCUT2D eigenvalue weighted by molar-refractivity contribution is 7.15. The number of aldehydes is 1. The van der Waals surface area contributed by atoms with Gasteiger partial charge in [-0.2, -0.15) is 30.6 Å². The lowest BCUT2D eigenvalue weighted by Gasteiger charge is -2.55. The molecule has 3 aliphatic carbocycles. The zero-order chi connectivity index (χ0) is 81.2. The number of aliphatic hydroxyl groups excluding tert-OH is 2. The van der Waals surface area contributed by atoms with Crippen LogP contribution in [0.25, 0.3) is 16.9 Å². The minimum atomic E-state index is -2.85. The van der Waals surface area contributed by atoms with E-state index in [9.17, 15) is 50.6 Å². The van der Waals surface area contributed by atoms with Gasteiger partial charge in [-0.25, -0.2) is 59.6 Å². The molecule has 9 aromatic rings. The summed E-state index contributed by atoms with van der Waals surface area (Å²) in [6.45, 7) is 13.0. The monoisotopic (exact) mass is 1590 g/mol. The van der Waals surface area contributed by atoms with Gasteiger partial charge in [0.05, 0.1) is 110 Å². The van der Waals surface area contributed by atoms with E-state index >= 15 is 0 Å². The van der Waals surface area contributed by atoms with Crippen LogP contribution in [0.1, 0.15) is 197 Å². The van der Waals surface area contributed by atoms with E-state index < -0.39 is 48.4 Å². The molecule has 38 heteroatoms. The summed E-state index contributed by atoms with van der Waals surface area (Å²) in [6, 6.07) is 5.55. The lowest BCUT2D eigenvalue weighted by atomic mass is 9.78. The first-order valence-corrected chi connectivity index (χ1v) is 37.5. The normalized spacial score (nSPS) is 22.3. The summed E-state index contributed by atoms with van der Waals surface area (Å²) in [4.78, 5) is 68.3. The molecule has 9 aromatic heterocycles. The number of rotatable bonds is 17. The molecule has 6 saturated heterocycles. The maximum absolute atomic E-state index is 13.8. The van der Waals surface area contributed by atoms with Gasteiger partial charge in [0.2, 0.25) is 0 Å². The molecular weight excluding hydrogens is 1490 g/mol. The molecule has 6 aliphatic heterocycles. The highest BCUT2D eigenvalue weighted by Crippen LogP contribution is 2.44. The van der Waals surface area contributed by atoms with Crippen molar-refractivity contribution < 1.29 is 80.8 Å². The van der Waals surface area contributed by atoms with Crippen molar-refractivity contribution in [1.29, 1.82) is 0 Å². The number of nitrogens with one attached hydrogen (secondary N) is 2. The molecule has 1 atom stereocenters. The van der Waals surface area contributed by atoms with Gasteiger partial charge in [-0.05, 0) is 107 Å². The van der Waals surface area contributed by atoms with Crippen molar-refractivity contribution in [2.75, 3.05) is 130 Å². The number of ether oxygens (including phenoxy) is 3. The van der Waals surface area contributed by atoms with E-state index in [-0.39, 0.29) is 108 Å². The third-order valence-electron chi connectivity index (χ3n) is 22.0. The lowest BCUT2D eigenvalue weighted by molar-refractivity contribution is -0.127. The molecule has 9 aliphatic rings. The number of nitrogens with two attached hydrogens (primary N) is 1. The fourth-order valence-electron chi connectivity index (χ4n) is 15.6. The van der Waals surface area contributed by atoms with Crippen LogP contribution in [0.3, 0.4) is 0 Å². The van der Waals surface area contributed by atoms with Gasteiger partial charge in [-0.3, -0.25) is 23.6 Å². The van der Waals surface area contributed by atoms with Crippen LogP contribution >= 0.6 is 9.24 Å². The largest absolute Gasteiger partial charge is 0.477 e. The molecule has 31 nitrogen and oxygen atoms in total. The molecular formula is C74H102F6N21O10P. The molecule has 0 radical (unpaired) electrons. The third-order valence-corrected chi connectivity index (χ3v) is 22.0. The summed E-state index contributed by atoms with van der Waals surface area (Å²) in [6.07, 6.45) is 15.8. The van der Waals surface area contributed by atoms with Crippen LogP contribution in [-0.2, 0) is 19.0 Å². The van der Waals surface area contributed by atoms with Gasteiger partial charge >= 0.3 is 5.97 Å². The van der Waals surface area contributed by atoms with E-state index in [1.54, 1.807) is 30.2 Å². The fourth-order valence-corrected chi connectivity index (χ4v) is 15.6. The van der Waals surface area contributed by atoms with E-state index in [2.05, 4.69) is 80.1 Å². The van der Waals surface area contributed by atoms with E-state index in [1.807, 2.05) is 18.2 Å². The number of aromatic carboxylic acids is 1. The summed E-state index contributed by atoms with van der Waals surface area (Å²) in [5.74, 6) is 0.709. The van der Waals surface area contributed by atoms with E-state index in [4.69, 9.17) is 35.9 Å².